The van der Waals surface area contributed by atoms with E-state index in [-0.39, 0.29) is 12.6 Å². The molecule has 29 heavy (non-hydrogen) atoms. The number of carbonyl (C=O) groups is 2. The Balaban J connectivity index is 2.14. The molecular formula is C21H25Cl2N3O3. The minimum absolute atomic E-state index is 0.232. The summed E-state index contributed by atoms with van der Waals surface area (Å²) in [6.07, 6.45) is 3.84. The average molecular weight is 438 g/mol. The SMILES string of the molecule is C=CCN1C(=O)NC(c2ccc(Cl)cc2Cl)C(C(=O)OCC)=C1CN1CCCC1. The third-order valence-corrected chi connectivity index (χ3v) is 5.65. The van der Waals surface area contributed by atoms with E-state index in [9.17, 15) is 9.59 Å². The maximum absolute atomic E-state index is 13.0. The fourth-order valence-corrected chi connectivity index (χ4v) is 4.28. The summed E-state index contributed by atoms with van der Waals surface area (Å²) in [5.74, 6) is -0.466. The molecule has 2 aliphatic heterocycles. The van der Waals surface area contributed by atoms with E-state index in [1.807, 2.05) is 0 Å². The molecule has 156 valence electrons. The summed E-state index contributed by atoms with van der Waals surface area (Å²) in [5, 5.41) is 3.76. The number of rotatable bonds is 7. The monoisotopic (exact) mass is 437 g/mol. The van der Waals surface area contributed by atoms with E-state index in [1.165, 1.54) is 0 Å². The quantitative estimate of drug-likeness (QED) is 0.513. The predicted molar refractivity (Wildman–Crippen MR) is 114 cm³/mol. The van der Waals surface area contributed by atoms with E-state index in [0.29, 0.717) is 40.0 Å². The molecule has 1 fully saturated rings. The van der Waals surface area contributed by atoms with Gasteiger partial charge in [-0.25, -0.2) is 9.59 Å². The Morgan fingerprint density at radius 1 is 1.34 bits per heavy atom. The fourth-order valence-electron chi connectivity index (χ4n) is 3.77. The van der Waals surface area contributed by atoms with Gasteiger partial charge in [0.05, 0.1) is 18.2 Å². The zero-order valence-electron chi connectivity index (χ0n) is 16.4. The normalized spacial score (nSPS) is 20.0. The van der Waals surface area contributed by atoms with Gasteiger partial charge in [-0.15, -0.1) is 6.58 Å². The maximum atomic E-state index is 13.0. The van der Waals surface area contributed by atoms with Crippen molar-refractivity contribution in [1.29, 1.82) is 0 Å². The zero-order chi connectivity index (χ0) is 21.0. The van der Waals surface area contributed by atoms with Crippen LogP contribution in [0.1, 0.15) is 31.4 Å². The second-order valence-electron chi connectivity index (χ2n) is 7.01. The summed E-state index contributed by atoms with van der Waals surface area (Å²) in [6, 6.07) is 4.00. The molecule has 1 unspecified atom stereocenters. The van der Waals surface area contributed by atoms with E-state index in [1.54, 1.807) is 36.1 Å². The van der Waals surface area contributed by atoms with E-state index in [2.05, 4.69) is 16.8 Å². The van der Waals surface area contributed by atoms with Crippen LogP contribution in [0.5, 0.6) is 0 Å². The van der Waals surface area contributed by atoms with Crippen LogP contribution < -0.4 is 5.32 Å². The third kappa shape index (κ3) is 4.77. The lowest BCUT2D eigenvalue weighted by Crippen LogP contribution is -2.50. The van der Waals surface area contributed by atoms with Crippen molar-refractivity contribution < 1.29 is 14.3 Å². The van der Waals surface area contributed by atoms with Crippen LogP contribution in [0.4, 0.5) is 4.79 Å². The molecule has 3 rings (SSSR count). The van der Waals surface area contributed by atoms with Crippen molar-refractivity contribution in [3.05, 3.63) is 57.7 Å². The van der Waals surface area contributed by atoms with Crippen LogP contribution in [0.2, 0.25) is 10.0 Å². The van der Waals surface area contributed by atoms with Gasteiger partial charge in [0.1, 0.15) is 0 Å². The topological polar surface area (TPSA) is 61.9 Å². The smallest absolute Gasteiger partial charge is 0.338 e. The van der Waals surface area contributed by atoms with Crippen LogP contribution >= 0.6 is 23.2 Å². The number of urea groups is 1. The van der Waals surface area contributed by atoms with Crippen LogP contribution in [0.3, 0.4) is 0 Å². The van der Waals surface area contributed by atoms with Gasteiger partial charge in [-0.05, 0) is 50.6 Å². The Hall–Kier alpha value is -2.02. The molecule has 0 aliphatic carbocycles. The van der Waals surface area contributed by atoms with Crippen molar-refractivity contribution in [2.45, 2.75) is 25.8 Å². The fraction of sp³-hybridized carbons (Fsp3) is 0.429. The Bertz CT molecular complexity index is 834. The summed E-state index contributed by atoms with van der Waals surface area (Å²) in [7, 11) is 0. The average Bonchev–Trinajstić information content (AvgIpc) is 3.17. The first-order chi connectivity index (χ1) is 14.0. The Kier molecular flexibility index (Phi) is 7.22. The number of hydrogen-bond donors (Lipinski definition) is 1. The van der Waals surface area contributed by atoms with Gasteiger partial charge in [0.2, 0.25) is 0 Å². The van der Waals surface area contributed by atoms with Crippen molar-refractivity contribution in [1.82, 2.24) is 15.1 Å². The summed E-state index contributed by atoms with van der Waals surface area (Å²) in [5.41, 5.74) is 1.62. The summed E-state index contributed by atoms with van der Waals surface area (Å²) < 4.78 is 5.36. The maximum Gasteiger partial charge on any atom is 0.338 e. The van der Waals surface area contributed by atoms with Gasteiger partial charge < -0.3 is 10.1 Å². The molecule has 1 N–H and O–H groups in total. The predicted octanol–water partition coefficient (Wildman–Crippen LogP) is 4.16. The van der Waals surface area contributed by atoms with E-state index < -0.39 is 12.0 Å². The highest BCUT2D eigenvalue weighted by Crippen LogP contribution is 2.36. The van der Waals surface area contributed by atoms with Crippen LogP contribution in [-0.4, -0.2) is 54.6 Å². The number of amides is 2. The van der Waals surface area contributed by atoms with Crippen LogP contribution in [0.25, 0.3) is 0 Å². The highest BCUT2D eigenvalue weighted by molar-refractivity contribution is 6.35. The molecule has 0 bridgehead atoms. The van der Waals surface area contributed by atoms with Gasteiger partial charge >= 0.3 is 12.0 Å². The Morgan fingerprint density at radius 2 is 2.07 bits per heavy atom. The number of halogens is 2. The molecule has 2 heterocycles. The molecule has 0 spiro atoms. The molecule has 1 aromatic rings. The number of nitrogens with zero attached hydrogens (tertiary/aromatic N) is 2. The Morgan fingerprint density at radius 3 is 2.69 bits per heavy atom. The number of esters is 1. The van der Waals surface area contributed by atoms with Gasteiger partial charge in [0.25, 0.3) is 0 Å². The molecule has 2 aliphatic rings. The molecule has 1 atom stereocenters. The van der Waals surface area contributed by atoms with E-state index in [4.69, 9.17) is 27.9 Å². The zero-order valence-corrected chi connectivity index (χ0v) is 17.9. The number of carbonyl (C=O) groups excluding carboxylic acids is 2. The van der Waals surface area contributed by atoms with Gasteiger partial charge in [-0.2, -0.15) is 0 Å². The lowest BCUT2D eigenvalue weighted by Gasteiger charge is -2.37. The molecule has 6 nitrogen and oxygen atoms in total. The van der Waals surface area contributed by atoms with Gasteiger partial charge in [-0.3, -0.25) is 9.80 Å². The van der Waals surface area contributed by atoms with Crippen molar-refractivity contribution >= 4 is 35.2 Å². The number of hydrogen-bond acceptors (Lipinski definition) is 4. The standard InChI is InChI=1S/C21H25Cl2N3O3/c1-3-9-26-17(13-25-10-5-6-11-25)18(20(27)29-4-2)19(24-21(26)28)15-8-7-14(22)12-16(15)23/h3,7-8,12,19H,1,4-6,9-11,13H2,2H3,(H,24,28). The molecule has 0 aromatic heterocycles. The summed E-state index contributed by atoms with van der Waals surface area (Å²) in [6.45, 7) is 8.37. The number of benzene rings is 1. The number of likely N-dealkylation sites (tertiary alicyclic amines) is 1. The van der Waals surface area contributed by atoms with Gasteiger partial charge in [-0.1, -0.05) is 35.3 Å². The van der Waals surface area contributed by atoms with Crippen molar-refractivity contribution in [3.63, 3.8) is 0 Å². The van der Waals surface area contributed by atoms with Crippen LogP contribution in [0.15, 0.2) is 42.1 Å². The minimum atomic E-state index is -0.718. The molecular weight excluding hydrogens is 413 g/mol. The lowest BCUT2D eigenvalue weighted by atomic mass is 9.94. The van der Waals surface area contributed by atoms with Crippen LogP contribution in [-0.2, 0) is 9.53 Å². The third-order valence-electron chi connectivity index (χ3n) is 5.09. The van der Waals surface area contributed by atoms with Gasteiger partial charge in [0, 0.05) is 28.8 Å². The molecule has 1 aromatic carbocycles. The Labute approximate surface area is 181 Å². The minimum Gasteiger partial charge on any atom is -0.463 e. The van der Waals surface area contributed by atoms with Crippen LogP contribution in [0, 0.1) is 0 Å². The highest BCUT2D eigenvalue weighted by atomic mass is 35.5. The molecule has 0 radical (unpaired) electrons. The highest BCUT2D eigenvalue weighted by Gasteiger charge is 2.39. The largest absolute Gasteiger partial charge is 0.463 e. The lowest BCUT2D eigenvalue weighted by molar-refractivity contribution is -0.139. The van der Waals surface area contributed by atoms with Crippen molar-refractivity contribution in [2.75, 3.05) is 32.8 Å². The summed E-state index contributed by atoms with van der Waals surface area (Å²) in [4.78, 5) is 29.8. The molecule has 8 heteroatoms. The first kappa shape index (κ1) is 21.7. The van der Waals surface area contributed by atoms with Gasteiger partial charge in [0.15, 0.2) is 0 Å². The first-order valence-electron chi connectivity index (χ1n) is 9.72. The van der Waals surface area contributed by atoms with Crippen molar-refractivity contribution in [3.8, 4) is 0 Å². The number of nitrogens with one attached hydrogen (secondary N) is 1. The van der Waals surface area contributed by atoms with Crippen molar-refractivity contribution in [2.24, 2.45) is 0 Å². The van der Waals surface area contributed by atoms with E-state index in [0.717, 1.165) is 25.9 Å². The molecule has 2 amide bonds. The molecule has 1 saturated heterocycles. The first-order valence-corrected chi connectivity index (χ1v) is 10.5. The summed E-state index contributed by atoms with van der Waals surface area (Å²) >= 11 is 12.5. The second-order valence-corrected chi connectivity index (χ2v) is 7.86. The second kappa shape index (κ2) is 9.65. The number of ether oxygens (including phenoxy) is 1. The van der Waals surface area contributed by atoms with E-state index >= 15 is 0 Å². The molecule has 0 saturated carbocycles.